The molecular weight excluding hydrogens is 477 g/mol. The van der Waals surface area contributed by atoms with Crippen molar-refractivity contribution in [3.63, 3.8) is 0 Å². The highest BCUT2D eigenvalue weighted by atomic mass is 32.1. The van der Waals surface area contributed by atoms with Crippen LogP contribution in [-0.4, -0.2) is 47.1 Å². The number of rotatable bonds is 5. The molecular formula is C25H25F3N4O2S. The van der Waals surface area contributed by atoms with E-state index in [1.807, 2.05) is 11.4 Å². The van der Waals surface area contributed by atoms with Crippen molar-refractivity contribution in [1.29, 1.82) is 0 Å². The van der Waals surface area contributed by atoms with E-state index < -0.39 is 17.7 Å². The summed E-state index contributed by atoms with van der Waals surface area (Å²) in [5.74, 6) is -0.664. The third-order valence-electron chi connectivity index (χ3n) is 6.35. The summed E-state index contributed by atoms with van der Waals surface area (Å²) in [6, 6.07) is 8.72. The summed E-state index contributed by atoms with van der Waals surface area (Å²) in [6.07, 6.45) is -2.17. The fourth-order valence-electron chi connectivity index (χ4n) is 4.54. The standard InChI is InChI=1S/C25H25F3N4O2S/c26-25(27,28)18-5-1-4-17(13-18)21-8-7-16-3-2-6-20(22(16)30-21)23(33)31-24-29-19(15-35-24)14-32-9-11-34-12-10-32/h1,4-5,7-8,13,15,20H,2-3,6,9-12,14H2,(H,29,31,33). The summed E-state index contributed by atoms with van der Waals surface area (Å²) in [4.78, 5) is 24.7. The number of fused-ring (bicyclic) bond motifs is 1. The molecule has 10 heteroatoms. The van der Waals surface area contributed by atoms with E-state index in [1.54, 1.807) is 12.1 Å². The van der Waals surface area contributed by atoms with Crippen LogP contribution in [0.1, 0.15) is 41.3 Å². The molecule has 1 unspecified atom stereocenters. The fourth-order valence-corrected chi connectivity index (χ4v) is 5.24. The average Bonchev–Trinajstić information content (AvgIpc) is 3.30. The van der Waals surface area contributed by atoms with Crippen LogP contribution in [0.3, 0.4) is 0 Å². The highest BCUT2D eigenvalue weighted by Gasteiger charge is 2.32. The number of hydrogen-bond donors (Lipinski definition) is 1. The summed E-state index contributed by atoms with van der Waals surface area (Å²) in [6.45, 7) is 3.86. The Balaban J connectivity index is 1.33. The molecule has 0 radical (unpaired) electrons. The second kappa shape index (κ2) is 10.0. The number of carbonyl (C=O) groups is 1. The number of halogens is 3. The lowest BCUT2D eigenvalue weighted by Crippen LogP contribution is -2.35. The molecule has 1 aliphatic heterocycles. The first kappa shape index (κ1) is 23.9. The Morgan fingerprint density at radius 1 is 1.17 bits per heavy atom. The normalized spacial score (nSPS) is 18.8. The number of anilines is 1. The van der Waals surface area contributed by atoms with E-state index in [0.717, 1.165) is 49.3 Å². The molecule has 1 fully saturated rings. The third-order valence-corrected chi connectivity index (χ3v) is 7.16. The lowest BCUT2D eigenvalue weighted by atomic mass is 9.85. The molecule has 0 saturated carbocycles. The van der Waals surface area contributed by atoms with Crippen LogP contribution in [0.5, 0.6) is 0 Å². The van der Waals surface area contributed by atoms with Gasteiger partial charge in [-0.05, 0) is 43.0 Å². The van der Waals surface area contributed by atoms with Crippen LogP contribution in [0.4, 0.5) is 18.3 Å². The Bertz CT molecular complexity index is 1210. The molecule has 1 aromatic carbocycles. The van der Waals surface area contributed by atoms with Crippen molar-refractivity contribution in [1.82, 2.24) is 14.9 Å². The Labute approximate surface area is 205 Å². The van der Waals surface area contributed by atoms with Crippen molar-refractivity contribution >= 4 is 22.4 Å². The Morgan fingerprint density at radius 2 is 2.00 bits per heavy atom. The maximum atomic E-state index is 13.2. The number of aromatic nitrogens is 2. The molecule has 1 N–H and O–H groups in total. The molecule has 0 bridgehead atoms. The monoisotopic (exact) mass is 502 g/mol. The summed E-state index contributed by atoms with van der Waals surface area (Å²) < 4.78 is 44.9. The molecule has 2 aliphatic rings. The van der Waals surface area contributed by atoms with Gasteiger partial charge in [0.15, 0.2) is 5.13 Å². The van der Waals surface area contributed by atoms with Gasteiger partial charge in [-0.3, -0.25) is 14.7 Å². The molecule has 1 saturated heterocycles. The van der Waals surface area contributed by atoms with Gasteiger partial charge in [0, 0.05) is 30.6 Å². The first-order chi connectivity index (χ1) is 16.9. The van der Waals surface area contributed by atoms with Crippen LogP contribution in [0, 0.1) is 0 Å². The predicted molar refractivity (Wildman–Crippen MR) is 127 cm³/mol. The number of pyridine rings is 1. The first-order valence-corrected chi connectivity index (χ1v) is 12.5. The van der Waals surface area contributed by atoms with E-state index in [2.05, 4.69) is 20.2 Å². The molecule has 184 valence electrons. The molecule has 1 amide bonds. The number of amides is 1. The van der Waals surface area contributed by atoms with E-state index in [-0.39, 0.29) is 5.91 Å². The minimum Gasteiger partial charge on any atom is -0.379 e. The maximum Gasteiger partial charge on any atom is 0.416 e. The van der Waals surface area contributed by atoms with Gasteiger partial charge in [0.2, 0.25) is 5.91 Å². The maximum absolute atomic E-state index is 13.2. The smallest absolute Gasteiger partial charge is 0.379 e. The number of hydrogen-bond acceptors (Lipinski definition) is 6. The number of aryl methyl sites for hydroxylation is 1. The Kier molecular flexibility index (Phi) is 6.86. The molecule has 3 heterocycles. The summed E-state index contributed by atoms with van der Waals surface area (Å²) in [7, 11) is 0. The zero-order valence-electron chi connectivity index (χ0n) is 19.0. The molecule has 35 heavy (non-hydrogen) atoms. The van der Waals surface area contributed by atoms with Gasteiger partial charge in [-0.1, -0.05) is 18.2 Å². The molecule has 3 aromatic rings. The van der Waals surface area contributed by atoms with E-state index in [1.165, 1.54) is 17.4 Å². The summed E-state index contributed by atoms with van der Waals surface area (Å²) in [5.41, 5.74) is 2.58. The van der Waals surface area contributed by atoms with E-state index >= 15 is 0 Å². The minimum atomic E-state index is -4.43. The number of thiazole rings is 1. The van der Waals surface area contributed by atoms with Gasteiger partial charge in [0.1, 0.15) is 0 Å². The fraction of sp³-hybridized carbons (Fsp3) is 0.400. The van der Waals surface area contributed by atoms with Crippen LogP contribution < -0.4 is 5.32 Å². The highest BCUT2D eigenvalue weighted by Crippen LogP contribution is 2.35. The van der Waals surface area contributed by atoms with Gasteiger partial charge < -0.3 is 10.1 Å². The summed E-state index contributed by atoms with van der Waals surface area (Å²) in [5, 5.41) is 5.42. The van der Waals surface area contributed by atoms with Gasteiger partial charge in [-0.25, -0.2) is 4.98 Å². The summed E-state index contributed by atoms with van der Waals surface area (Å²) >= 11 is 1.39. The first-order valence-electron chi connectivity index (χ1n) is 11.6. The van der Waals surface area contributed by atoms with Gasteiger partial charge in [-0.2, -0.15) is 13.2 Å². The zero-order chi connectivity index (χ0) is 24.4. The second-order valence-corrected chi connectivity index (χ2v) is 9.64. The topological polar surface area (TPSA) is 67.4 Å². The Morgan fingerprint density at radius 3 is 2.80 bits per heavy atom. The molecule has 5 rings (SSSR count). The second-order valence-electron chi connectivity index (χ2n) is 8.79. The predicted octanol–water partition coefficient (Wildman–Crippen LogP) is 5.11. The lowest BCUT2D eigenvalue weighted by molar-refractivity contribution is -0.137. The number of morpholine rings is 1. The number of benzene rings is 1. The molecule has 2 aromatic heterocycles. The number of carbonyl (C=O) groups excluding carboxylic acids is 1. The van der Waals surface area contributed by atoms with Crippen LogP contribution in [-0.2, 0) is 28.7 Å². The van der Waals surface area contributed by atoms with E-state index in [0.29, 0.717) is 48.3 Å². The molecule has 1 aliphatic carbocycles. The van der Waals surface area contributed by atoms with Crippen LogP contribution >= 0.6 is 11.3 Å². The van der Waals surface area contributed by atoms with Crippen LogP contribution in [0.15, 0.2) is 41.8 Å². The molecule has 6 nitrogen and oxygen atoms in total. The van der Waals surface area contributed by atoms with Crippen molar-refractivity contribution in [2.75, 3.05) is 31.6 Å². The van der Waals surface area contributed by atoms with Crippen LogP contribution in [0.25, 0.3) is 11.3 Å². The van der Waals surface area contributed by atoms with Crippen molar-refractivity contribution in [2.24, 2.45) is 0 Å². The van der Waals surface area contributed by atoms with Crippen LogP contribution in [0.2, 0.25) is 0 Å². The lowest BCUT2D eigenvalue weighted by Gasteiger charge is -2.25. The number of ether oxygens (including phenoxy) is 1. The van der Waals surface area contributed by atoms with Gasteiger partial charge >= 0.3 is 6.18 Å². The Hall–Kier alpha value is -2.82. The van der Waals surface area contributed by atoms with Crippen molar-refractivity contribution in [3.05, 3.63) is 64.3 Å². The van der Waals surface area contributed by atoms with Crippen molar-refractivity contribution < 1.29 is 22.7 Å². The largest absolute Gasteiger partial charge is 0.416 e. The number of alkyl halides is 3. The van der Waals surface area contributed by atoms with Gasteiger partial charge in [0.25, 0.3) is 0 Å². The third kappa shape index (κ3) is 5.55. The average molecular weight is 503 g/mol. The highest BCUT2D eigenvalue weighted by molar-refractivity contribution is 7.13. The molecule has 0 spiro atoms. The number of nitrogens with zero attached hydrogens (tertiary/aromatic N) is 3. The van der Waals surface area contributed by atoms with E-state index in [4.69, 9.17) is 4.74 Å². The molecule has 1 atom stereocenters. The van der Waals surface area contributed by atoms with Crippen molar-refractivity contribution in [2.45, 2.75) is 37.9 Å². The number of nitrogens with one attached hydrogen (secondary N) is 1. The van der Waals surface area contributed by atoms with Crippen molar-refractivity contribution in [3.8, 4) is 11.3 Å². The van der Waals surface area contributed by atoms with E-state index in [9.17, 15) is 18.0 Å². The minimum absolute atomic E-state index is 0.188. The quantitative estimate of drug-likeness (QED) is 0.525. The SMILES string of the molecule is O=C(Nc1nc(CN2CCOCC2)cs1)C1CCCc2ccc(-c3cccc(C(F)(F)F)c3)nc21. The zero-order valence-corrected chi connectivity index (χ0v) is 19.8. The van der Waals surface area contributed by atoms with Gasteiger partial charge in [-0.15, -0.1) is 11.3 Å². The van der Waals surface area contributed by atoms with Gasteiger partial charge in [0.05, 0.1) is 41.8 Å².